The van der Waals surface area contributed by atoms with Gasteiger partial charge in [-0.2, -0.15) is 0 Å². The molecule has 1 unspecified atom stereocenters. The Hall–Kier alpha value is -3.22. The molecule has 0 aromatic heterocycles. The van der Waals surface area contributed by atoms with E-state index in [-0.39, 0.29) is 29.6 Å². The SMILES string of the molecule is CCc1ccccc1NC(=O)CN1C(=O)C2CCCN2C(=O)c2ccc(F)cc21. The fourth-order valence-electron chi connectivity index (χ4n) is 4.08. The van der Waals surface area contributed by atoms with Crippen LogP contribution in [0.3, 0.4) is 0 Å². The second-order valence-electron chi connectivity index (χ2n) is 7.30. The maximum atomic E-state index is 14.0. The number of aryl methyl sites for hydroxylation is 1. The van der Waals surface area contributed by atoms with Gasteiger partial charge in [0.1, 0.15) is 18.4 Å². The highest BCUT2D eigenvalue weighted by Gasteiger charge is 2.42. The average Bonchev–Trinajstić information content (AvgIpc) is 3.19. The molecule has 1 atom stereocenters. The van der Waals surface area contributed by atoms with Crippen molar-refractivity contribution < 1.29 is 18.8 Å². The van der Waals surface area contributed by atoms with Gasteiger partial charge in [0.2, 0.25) is 11.8 Å². The summed E-state index contributed by atoms with van der Waals surface area (Å²) in [5.41, 5.74) is 2.05. The third kappa shape index (κ3) is 3.48. The van der Waals surface area contributed by atoms with Gasteiger partial charge < -0.3 is 15.1 Å². The Kier molecular flexibility index (Phi) is 5.05. The van der Waals surface area contributed by atoms with Crippen molar-refractivity contribution in [2.75, 3.05) is 23.3 Å². The Morgan fingerprint density at radius 2 is 2.00 bits per heavy atom. The first-order valence-electron chi connectivity index (χ1n) is 9.79. The van der Waals surface area contributed by atoms with Crippen LogP contribution >= 0.6 is 0 Å². The molecule has 4 rings (SSSR count). The first-order valence-corrected chi connectivity index (χ1v) is 9.79. The number of anilines is 2. The van der Waals surface area contributed by atoms with E-state index in [4.69, 9.17) is 0 Å². The Bertz CT molecular complexity index is 991. The molecule has 1 saturated heterocycles. The molecule has 0 radical (unpaired) electrons. The summed E-state index contributed by atoms with van der Waals surface area (Å²) in [5.74, 6) is -1.60. The van der Waals surface area contributed by atoms with Crippen molar-refractivity contribution in [2.24, 2.45) is 0 Å². The molecule has 2 aliphatic heterocycles. The number of nitrogens with one attached hydrogen (secondary N) is 1. The van der Waals surface area contributed by atoms with Crippen LogP contribution in [0.15, 0.2) is 42.5 Å². The average molecular weight is 395 g/mol. The molecule has 0 spiro atoms. The van der Waals surface area contributed by atoms with Crippen molar-refractivity contribution in [2.45, 2.75) is 32.2 Å². The lowest BCUT2D eigenvalue weighted by Crippen LogP contribution is -2.47. The van der Waals surface area contributed by atoms with E-state index in [0.29, 0.717) is 18.7 Å². The minimum Gasteiger partial charge on any atom is -0.327 e. The van der Waals surface area contributed by atoms with E-state index in [0.717, 1.165) is 24.5 Å². The van der Waals surface area contributed by atoms with Crippen LogP contribution in [0.4, 0.5) is 15.8 Å². The lowest BCUT2D eigenvalue weighted by atomic mass is 10.1. The van der Waals surface area contributed by atoms with Crippen molar-refractivity contribution in [3.63, 3.8) is 0 Å². The lowest BCUT2D eigenvalue weighted by Gasteiger charge is -2.25. The van der Waals surface area contributed by atoms with Gasteiger partial charge in [-0.05, 0) is 49.1 Å². The van der Waals surface area contributed by atoms with Gasteiger partial charge in [0.05, 0.1) is 11.3 Å². The third-order valence-corrected chi connectivity index (χ3v) is 5.52. The van der Waals surface area contributed by atoms with Crippen molar-refractivity contribution in [1.82, 2.24) is 4.90 Å². The van der Waals surface area contributed by atoms with Gasteiger partial charge in [0.25, 0.3) is 5.91 Å². The summed E-state index contributed by atoms with van der Waals surface area (Å²) in [6, 6.07) is 10.6. The summed E-state index contributed by atoms with van der Waals surface area (Å²) in [6.07, 6.45) is 2.01. The topological polar surface area (TPSA) is 69.7 Å². The van der Waals surface area contributed by atoms with Crippen molar-refractivity contribution in [1.29, 1.82) is 0 Å². The molecule has 6 nitrogen and oxygen atoms in total. The number of amides is 3. The summed E-state index contributed by atoms with van der Waals surface area (Å²) >= 11 is 0. The van der Waals surface area contributed by atoms with E-state index in [2.05, 4.69) is 5.32 Å². The number of hydrogen-bond acceptors (Lipinski definition) is 3. The van der Waals surface area contributed by atoms with E-state index >= 15 is 0 Å². The molecule has 0 saturated carbocycles. The Morgan fingerprint density at radius 3 is 2.79 bits per heavy atom. The number of para-hydroxylation sites is 1. The summed E-state index contributed by atoms with van der Waals surface area (Å²) in [5, 5.41) is 2.84. The van der Waals surface area contributed by atoms with Crippen molar-refractivity contribution in [3.05, 3.63) is 59.4 Å². The highest BCUT2D eigenvalue weighted by molar-refractivity contribution is 6.13. The molecule has 150 valence electrons. The smallest absolute Gasteiger partial charge is 0.256 e. The number of carbonyl (C=O) groups is 3. The van der Waals surface area contributed by atoms with Crippen LogP contribution in [-0.4, -0.2) is 41.8 Å². The van der Waals surface area contributed by atoms with Gasteiger partial charge in [-0.25, -0.2) is 4.39 Å². The Labute approximate surface area is 168 Å². The zero-order valence-corrected chi connectivity index (χ0v) is 16.2. The predicted molar refractivity (Wildman–Crippen MR) is 107 cm³/mol. The number of benzene rings is 2. The molecule has 0 bridgehead atoms. The minimum absolute atomic E-state index is 0.147. The molecule has 2 aromatic carbocycles. The van der Waals surface area contributed by atoms with Crippen LogP contribution in [0.25, 0.3) is 0 Å². The van der Waals surface area contributed by atoms with Crippen molar-refractivity contribution in [3.8, 4) is 0 Å². The number of fused-ring (bicyclic) bond motifs is 2. The molecule has 0 aliphatic carbocycles. The molecular formula is C22H22FN3O3. The van der Waals surface area contributed by atoms with E-state index in [9.17, 15) is 18.8 Å². The maximum absolute atomic E-state index is 14.0. The number of carbonyl (C=O) groups excluding carboxylic acids is 3. The van der Waals surface area contributed by atoms with Crippen molar-refractivity contribution >= 4 is 29.1 Å². The van der Waals surface area contributed by atoms with E-state index in [1.807, 2.05) is 25.1 Å². The first-order chi connectivity index (χ1) is 14.0. The molecule has 29 heavy (non-hydrogen) atoms. The van der Waals surface area contributed by atoms with Gasteiger partial charge >= 0.3 is 0 Å². The van der Waals surface area contributed by atoms with E-state index in [1.54, 1.807) is 6.07 Å². The molecule has 1 fully saturated rings. The van der Waals surface area contributed by atoms with Crippen LogP contribution in [0.2, 0.25) is 0 Å². The number of rotatable bonds is 4. The van der Waals surface area contributed by atoms with Crippen LogP contribution in [0.5, 0.6) is 0 Å². The fourth-order valence-corrected chi connectivity index (χ4v) is 4.08. The van der Waals surface area contributed by atoms with Crippen LogP contribution < -0.4 is 10.2 Å². The van der Waals surface area contributed by atoms with E-state index in [1.165, 1.54) is 21.9 Å². The van der Waals surface area contributed by atoms with Crippen LogP contribution in [-0.2, 0) is 16.0 Å². The van der Waals surface area contributed by atoms with Gasteiger partial charge in [0.15, 0.2) is 0 Å². The Morgan fingerprint density at radius 1 is 1.21 bits per heavy atom. The van der Waals surface area contributed by atoms with Gasteiger partial charge in [-0.15, -0.1) is 0 Å². The largest absolute Gasteiger partial charge is 0.327 e. The minimum atomic E-state index is -0.617. The normalized spacial score (nSPS) is 18.3. The second kappa shape index (κ2) is 7.66. The zero-order valence-electron chi connectivity index (χ0n) is 16.2. The monoisotopic (exact) mass is 395 g/mol. The standard InChI is InChI=1S/C22H22FN3O3/c1-2-14-6-3-4-7-17(14)24-20(27)13-26-19-12-15(23)9-10-16(19)21(28)25-11-5-8-18(25)22(26)29/h3-4,6-7,9-10,12,18H,2,5,8,11,13H2,1H3,(H,24,27). The zero-order chi connectivity index (χ0) is 20.5. The predicted octanol–water partition coefficient (Wildman–Crippen LogP) is 2.98. The molecule has 2 aliphatic rings. The number of nitrogens with zero attached hydrogens (tertiary/aromatic N) is 2. The van der Waals surface area contributed by atoms with Crippen LogP contribution in [0.1, 0.15) is 35.7 Å². The number of hydrogen-bond donors (Lipinski definition) is 1. The summed E-state index contributed by atoms with van der Waals surface area (Å²) < 4.78 is 14.0. The van der Waals surface area contributed by atoms with Crippen LogP contribution in [0, 0.1) is 5.82 Å². The highest BCUT2D eigenvalue weighted by atomic mass is 19.1. The quantitative estimate of drug-likeness (QED) is 0.865. The summed E-state index contributed by atoms with van der Waals surface area (Å²) in [6.45, 7) is 2.18. The summed E-state index contributed by atoms with van der Waals surface area (Å²) in [4.78, 5) is 41.6. The van der Waals surface area contributed by atoms with E-state index < -0.39 is 17.8 Å². The maximum Gasteiger partial charge on any atom is 0.256 e. The molecular weight excluding hydrogens is 373 g/mol. The fraction of sp³-hybridized carbons (Fsp3) is 0.318. The molecule has 1 N–H and O–H groups in total. The molecule has 2 aromatic rings. The molecule has 2 heterocycles. The Balaban J connectivity index is 1.67. The second-order valence-corrected chi connectivity index (χ2v) is 7.30. The van der Waals surface area contributed by atoms with Gasteiger partial charge in [0, 0.05) is 12.2 Å². The third-order valence-electron chi connectivity index (χ3n) is 5.52. The first kappa shape index (κ1) is 19.1. The number of halogens is 1. The summed E-state index contributed by atoms with van der Waals surface area (Å²) in [7, 11) is 0. The highest BCUT2D eigenvalue weighted by Crippen LogP contribution is 2.33. The lowest BCUT2D eigenvalue weighted by molar-refractivity contribution is -0.124. The van der Waals surface area contributed by atoms with Gasteiger partial charge in [-0.1, -0.05) is 25.1 Å². The molecule has 7 heteroatoms. The van der Waals surface area contributed by atoms with Gasteiger partial charge in [-0.3, -0.25) is 14.4 Å². The molecule has 3 amide bonds.